The lowest BCUT2D eigenvalue weighted by molar-refractivity contribution is 0.158. The first kappa shape index (κ1) is 27.0. The quantitative estimate of drug-likeness (QED) is 0.204. The summed E-state index contributed by atoms with van der Waals surface area (Å²) in [5.74, 6) is 0. The van der Waals surface area contributed by atoms with Crippen LogP contribution in [0.15, 0.2) is 96.2 Å². The fourth-order valence-electron chi connectivity index (χ4n) is 6.80. The molecule has 1 saturated heterocycles. The third kappa shape index (κ3) is 6.56. The van der Waals surface area contributed by atoms with Gasteiger partial charge in [-0.3, -0.25) is 24.6 Å². The molecule has 3 aromatic heterocycles. The number of fused-ring (bicyclic) bond motifs is 2. The molecule has 0 N–H and O–H groups in total. The van der Waals surface area contributed by atoms with Crippen LogP contribution in [0.1, 0.15) is 49.2 Å². The van der Waals surface area contributed by atoms with E-state index in [1.165, 1.54) is 5.56 Å². The minimum absolute atomic E-state index is 0.0634. The van der Waals surface area contributed by atoms with E-state index in [0.29, 0.717) is 31.6 Å². The highest BCUT2D eigenvalue weighted by atomic mass is 16.1. The maximum absolute atomic E-state index is 14.1. The van der Waals surface area contributed by atoms with Crippen molar-refractivity contribution < 1.29 is 2.74 Å². The van der Waals surface area contributed by atoms with Gasteiger partial charge < -0.3 is 9.47 Å². The van der Waals surface area contributed by atoms with Gasteiger partial charge in [-0.05, 0) is 79.8 Å². The van der Waals surface area contributed by atoms with E-state index in [9.17, 15) is 4.79 Å². The van der Waals surface area contributed by atoms with Gasteiger partial charge in [0, 0.05) is 95.8 Å². The Morgan fingerprint density at radius 1 is 0.911 bits per heavy atom. The Labute approximate surface area is 268 Å². The molecular formula is C38H42N6O. The van der Waals surface area contributed by atoms with Gasteiger partial charge in [0.25, 0.3) is 0 Å². The Kier molecular flexibility index (Phi) is 7.78. The molecule has 0 radical (unpaired) electrons. The Hall–Kier alpha value is -4.33. The van der Waals surface area contributed by atoms with Crippen LogP contribution in [-0.2, 0) is 32.7 Å². The molecule has 7 heteroatoms. The fourth-order valence-corrected chi connectivity index (χ4v) is 6.80. The second kappa shape index (κ2) is 13.0. The summed E-state index contributed by atoms with van der Waals surface area (Å²) in [6.07, 6.45) is 7.98. The van der Waals surface area contributed by atoms with E-state index < -0.39 is 13.0 Å². The summed E-state index contributed by atoms with van der Waals surface area (Å²) in [5.41, 5.74) is 7.83. The van der Waals surface area contributed by atoms with Gasteiger partial charge in [-0.25, -0.2) is 0 Å². The minimum Gasteiger partial charge on any atom is -0.369 e. The van der Waals surface area contributed by atoms with E-state index in [2.05, 4.69) is 48.6 Å². The van der Waals surface area contributed by atoms with Crippen LogP contribution in [0.4, 0.5) is 5.69 Å². The number of pyridine rings is 3. The van der Waals surface area contributed by atoms with Crippen LogP contribution in [-0.4, -0.2) is 50.0 Å². The Morgan fingerprint density at radius 2 is 1.71 bits per heavy atom. The molecule has 0 amide bonds. The molecule has 5 heterocycles. The van der Waals surface area contributed by atoms with Crippen LogP contribution in [0.25, 0.3) is 10.9 Å². The molecule has 0 aliphatic carbocycles. The summed E-state index contributed by atoms with van der Waals surface area (Å²) in [7, 11) is 0. The highest BCUT2D eigenvalue weighted by Gasteiger charge is 2.27. The predicted molar refractivity (Wildman–Crippen MR) is 181 cm³/mol. The van der Waals surface area contributed by atoms with E-state index in [-0.39, 0.29) is 11.5 Å². The third-order valence-electron chi connectivity index (χ3n) is 9.16. The average molecular weight is 601 g/mol. The first-order valence-electron chi connectivity index (χ1n) is 17.1. The van der Waals surface area contributed by atoms with Crippen LogP contribution < -0.4 is 10.3 Å². The van der Waals surface area contributed by atoms with Crippen LogP contribution in [0, 0.1) is 13.8 Å². The number of nitrogens with zero attached hydrogens (tertiary/aromatic N) is 6. The normalized spacial score (nSPS) is 20.8. The molecular weight excluding hydrogens is 556 g/mol. The number of para-hydroxylation sites is 1. The molecule has 2 aromatic carbocycles. The zero-order valence-corrected chi connectivity index (χ0v) is 26.1. The average Bonchev–Trinajstić information content (AvgIpc) is 3.34. The topological polar surface area (TPSA) is 57.5 Å². The molecule has 7 nitrogen and oxygen atoms in total. The SMILES string of the molecule is [2H]C1c2ccccc2C([2H])N1CCn1cc(CN(Cc2ccnc(C)c2)[C@H]2CCCN(c3ccc(C)nc3)C2)c(=O)c2ccccc21. The highest BCUT2D eigenvalue weighted by molar-refractivity contribution is 5.79. The van der Waals surface area contributed by atoms with Crippen molar-refractivity contribution in [3.8, 4) is 0 Å². The maximum atomic E-state index is 14.1. The summed E-state index contributed by atoms with van der Waals surface area (Å²) in [4.78, 5) is 29.9. The van der Waals surface area contributed by atoms with Crippen LogP contribution >= 0.6 is 0 Å². The molecule has 2 aliphatic rings. The first-order valence-corrected chi connectivity index (χ1v) is 16.0. The Morgan fingerprint density at radius 3 is 2.49 bits per heavy atom. The number of aromatic nitrogens is 3. The van der Waals surface area contributed by atoms with E-state index in [4.69, 9.17) is 2.74 Å². The van der Waals surface area contributed by atoms with Crippen LogP contribution in [0.5, 0.6) is 0 Å². The monoisotopic (exact) mass is 600 g/mol. The zero-order chi connectivity index (χ0) is 32.5. The predicted octanol–water partition coefficient (Wildman–Crippen LogP) is 6.10. The van der Waals surface area contributed by atoms with Gasteiger partial charge in [0.1, 0.15) is 0 Å². The summed E-state index contributed by atoms with van der Waals surface area (Å²) < 4.78 is 19.9. The van der Waals surface area contributed by atoms with Crippen molar-refractivity contribution in [3.05, 3.63) is 135 Å². The molecule has 2 aliphatic heterocycles. The fraction of sp³-hybridized carbons (Fsp3) is 0.342. The van der Waals surface area contributed by atoms with Crippen molar-refractivity contribution in [1.82, 2.24) is 24.3 Å². The van der Waals surface area contributed by atoms with E-state index in [1.807, 2.05) is 85.9 Å². The third-order valence-corrected chi connectivity index (χ3v) is 9.16. The molecule has 5 aromatic rings. The Balaban J connectivity index is 1.19. The van der Waals surface area contributed by atoms with Crippen molar-refractivity contribution in [2.45, 2.75) is 65.4 Å². The standard InChI is InChI=1S/C38H42N6O/c1-28-13-14-34(21-40-28)42-17-7-10-35(27-42)44(22-30-15-16-39-29(2)20-30)26-33-25-43(37-12-6-5-11-36(37)38(33)45)19-18-41-23-31-8-3-4-9-32(31)24-41/h3-6,8-9,11-16,20-21,25,35H,7,10,17-19,22-24,26-27H2,1-2H3/t35-/m0/s1/i23D,24D/t23?,24?,35-. The van der Waals surface area contributed by atoms with Crippen LogP contribution in [0.2, 0.25) is 0 Å². The largest absolute Gasteiger partial charge is 0.369 e. The summed E-state index contributed by atoms with van der Waals surface area (Å²) in [5, 5.41) is 0.704. The molecule has 0 saturated carbocycles. The van der Waals surface area contributed by atoms with Crippen molar-refractivity contribution in [1.29, 1.82) is 0 Å². The van der Waals surface area contributed by atoms with Crippen molar-refractivity contribution in [3.63, 3.8) is 0 Å². The number of hydrogen-bond donors (Lipinski definition) is 0. The van der Waals surface area contributed by atoms with Gasteiger partial charge in [0.05, 0.1) is 17.4 Å². The second-order valence-electron chi connectivity index (χ2n) is 12.4. The lowest BCUT2D eigenvalue weighted by Crippen LogP contribution is -2.48. The van der Waals surface area contributed by atoms with Gasteiger partial charge in [0.15, 0.2) is 5.43 Å². The zero-order valence-electron chi connectivity index (χ0n) is 28.1. The van der Waals surface area contributed by atoms with Gasteiger partial charge in [-0.1, -0.05) is 36.4 Å². The van der Waals surface area contributed by atoms with Crippen molar-refractivity contribution >= 4 is 16.6 Å². The number of rotatable bonds is 9. The molecule has 1 fully saturated rings. The number of anilines is 1. The van der Waals surface area contributed by atoms with Gasteiger partial charge in [0.2, 0.25) is 0 Å². The summed E-state index contributed by atoms with van der Waals surface area (Å²) in [6, 6.07) is 24.3. The number of hydrogen-bond acceptors (Lipinski definition) is 6. The number of aryl methyl sites for hydroxylation is 2. The van der Waals surface area contributed by atoms with Crippen molar-refractivity contribution in [2.75, 3.05) is 24.5 Å². The molecule has 45 heavy (non-hydrogen) atoms. The summed E-state index contributed by atoms with van der Waals surface area (Å²) >= 11 is 0. The Bertz CT molecular complexity index is 1900. The molecule has 0 spiro atoms. The van der Waals surface area contributed by atoms with Gasteiger partial charge >= 0.3 is 0 Å². The maximum Gasteiger partial charge on any atom is 0.193 e. The number of benzene rings is 2. The van der Waals surface area contributed by atoms with E-state index in [0.717, 1.165) is 65.2 Å². The first-order chi connectivity index (χ1) is 22.9. The minimum atomic E-state index is -0.573. The molecule has 3 atom stereocenters. The molecule has 0 bridgehead atoms. The lowest BCUT2D eigenvalue weighted by atomic mass is 10.0. The van der Waals surface area contributed by atoms with Crippen molar-refractivity contribution in [2.24, 2.45) is 0 Å². The van der Waals surface area contributed by atoms with E-state index in [1.54, 1.807) is 0 Å². The van der Waals surface area contributed by atoms with Crippen LogP contribution in [0.3, 0.4) is 0 Å². The second-order valence-corrected chi connectivity index (χ2v) is 12.4. The number of piperidine rings is 1. The lowest BCUT2D eigenvalue weighted by Gasteiger charge is -2.40. The van der Waals surface area contributed by atoms with Gasteiger partial charge in [-0.2, -0.15) is 0 Å². The highest BCUT2D eigenvalue weighted by Crippen LogP contribution is 2.26. The molecule has 2 unspecified atom stereocenters. The molecule has 230 valence electrons. The van der Waals surface area contributed by atoms with E-state index >= 15 is 0 Å². The summed E-state index contributed by atoms with van der Waals surface area (Å²) in [6.45, 7) is 7.08. The van der Waals surface area contributed by atoms with Gasteiger partial charge in [-0.15, -0.1) is 0 Å². The smallest absolute Gasteiger partial charge is 0.193 e. The molecule has 7 rings (SSSR count).